The third-order valence-corrected chi connectivity index (χ3v) is 6.70. The standard InChI is InChI=1S/C31H30N2O6/c1-37-24-8-10-25(11-9-24)38-30-16-21(5-12-27(30)31(35)36)20-6-13-29-22(15-20)4-7-26(39-29)18-33-19-28(34)23-3-2-14-32-17-23/h2-3,5-6,8-17,26,28,33-34H,4,7,18-19H2,1H3,(H,35,36)/t26-,28+/m1/s1. The van der Waals surface area contributed by atoms with Crippen LogP contribution in [0.25, 0.3) is 11.1 Å². The zero-order valence-electron chi connectivity index (χ0n) is 21.5. The molecule has 1 aromatic heterocycles. The van der Waals surface area contributed by atoms with Crippen molar-refractivity contribution in [1.82, 2.24) is 10.3 Å². The number of carboxylic acids is 1. The van der Waals surface area contributed by atoms with E-state index in [4.69, 9.17) is 14.2 Å². The molecule has 1 aliphatic heterocycles. The number of aliphatic hydroxyl groups is 1. The highest BCUT2D eigenvalue weighted by Crippen LogP contribution is 2.35. The van der Waals surface area contributed by atoms with Crippen molar-refractivity contribution in [1.29, 1.82) is 0 Å². The van der Waals surface area contributed by atoms with Gasteiger partial charge in [-0.3, -0.25) is 4.98 Å². The van der Waals surface area contributed by atoms with Crippen LogP contribution in [0.2, 0.25) is 0 Å². The maximum atomic E-state index is 11.8. The van der Waals surface area contributed by atoms with Crippen LogP contribution in [0.4, 0.5) is 0 Å². The van der Waals surface area contributed by atoms with Gasteiger partial charge in [0, 0.05) is 31.0 Å². The van der Waals surface area contributed by atoms with Crippen molar-refractivity contribution in [3.05, 3.63) is 102 Å². The molecule has 0 saturated heterocycles. The zero-order valence-corrected chi connectivity index (χ0v) is 21.5. The molecule has 1 aliphatic rings. The largest absolute Gasteiger partial charge is 0.497 e. The first-order valence-corrected chi connectivity index (χ1v) is 12.8. The second-order valence-corrected chi connectivity index (χ2v) is 9.36. The van der Waals surface area contributed by atoms with Gasteiger partial charge in [0.15, 0.2) is 0 Å². The molecule has 3 N–H and O–H groups in total. The van der Waals surface area contributed by atoms with E-state index in [0.717, 1.165) is 40.8 Å². The van der Waals surface area contributed by atoms with Crippen LogP contribution in [0, 0.1) is 0 Å². The van der Waals surface area contributed by atoms with Crippen LogP contribution >= 0.6 is 0 Å². The summed E-state index contributed by atoms with van der Waals surface area (Å²) in [6.07, 6.45) is 4.43. The summed E-state index contributed by atoms with van der Waals surface area (Å²) in [4.78, 5) is 15.9. The number of nitrogens with zero attached hydrogens (tertiary/aromatic N) is 1. The lowest BCUT2D eigenvalue weighted by atomic mass is 9.96. The molecule has 5 rings (SSSR count). The SMILES string of the molecule is COc1ccc(Oc2cc(-c3ccc4c(c3)CC[C@H](CNC[C@H](O)c3cccnc3)O4)ccc2C(=O)O)cc1. The lowest BCUT2D eigenvalue weighted by molar-refractivity contribution is 0.0694. The minimum atomic E-state index is -1.06. The molecule has 2 atom stereocenters. The number of methoxy groups -OCH3 is 1. The van der Waals surface area contributed by atoms with Crippen LogP contribution in [0.3, 0.4) is 0 Å². The van der Waals surface area contributed by atoms with E-state index in [1.165, 1.54) is 0 Å². The first-order chi connectivity index (χ1) is 19.0. The van der Waals surface area contributed by atoms with Crippen molar-refractivity contribution in [2.24, 2.45) is 0 Å². The number of carbonyl (C=O) groups is 1. The number of aliphatic hydroxyl groups excluding tert-OH is 1. The van der Waals surface area contributed by atoms with E-state index >= 15 is 0 Å². The number of hydrogen-bond donors (Lipinski definition) is 3. The fourth-order valence-corrected chi connectivity index (χ4v) is 4.57. The highest BCUT2D eigenvalue weighted by Gasteiger charge is 2.21. The number of rotatable bonds is 10. The number of fused-ring (bicyclic) bond motifs is 1. The molecular formula is C31H30N2O6. The van der Waals surface area contributed by atoms with Gasteiger partial charge in [-0.15, -0.1) is 0 Å². The van der Waals surface area contributed by atoms with Gasteiger partial charge < -0.3 is 29.7 Å². The normalized spacial score (nSPS) is 15.1. The van der Waals surface area contributed by atoms with Crippen molar-refractivity contribution in [3.8, 4) is 34.1 Å². The summed E-state index contributed by atoms with van der Waals surface area (Å²) in [5, 5.41) is 23.3. The smallest absolute Gasteiger partial charge is 0.339 e. The molecule has 0 spiro atoms. The minimum absolute atomic E-state index is 0.00352. The van der Waals surface area contributed by atoms with Gasteiger partial charge in [0.2, 0.25) is 0 Å². The number of pyridine rings is 1. The average molecular weight is 527 g/mol. The Labute approximate surface area is 226 Å². The fraction of sp³-hybridized carbons (Fsp3) is 0.226. The molecular weight excluding hydrogens is 496 g/mol. The number of carboxylic acid groups (broad SMARTS) is 1. The van der Waals surface area contributed by atoms with Gasteiger partial charge in [-0.25, -0.2) is 4.79 Å². The van der Waals surface area contributed by atoms with Crippen LogP contribution in [0.1, 0.15) is 34.0 Å². The first-order valence-electron chi connectivity index (χ1n) is 12.8. The monoisotopic (exact) mass is 526 g/mol. The lowest BCUT2D eigenvalue weighted by Gasteiger charge is -2.27. The van der Waals surface area contributed by atoms with Crippen LogP contribution in [0.5, 0.6) is 23.0 Å². The quantitative estimate of drug-likeness (QED) is 0.257. The lowest BCUT2D eigenvalue weighted by Crippen LogP contribution is -2.36. The van der Waals surface area contributed by atoms with Gasteiger partial charge in [0.25, 0.3) is 0 Å². The highest BCUT2D eigenvalue weighted by molar-refractivity contribution is 5.92. The van der Waals surface area contributed by atoms with Crippen molar-refractivity contribution < 1.29 is 29.2 Å². The Hall–Kier alpha value is -4.40. The molecule has 39 heavy (non-hydrogen) atoms. The number of aromatic carboxylic acids is 1. The summed E-state index contributed by atoms with van der Waals surface area (Å²) in [5.41, 5.74) is 3.75. The summed E-state index contributed by atoms with van der Waals surface area (Å²) < 4.78 is 17.3. The van der Waals surface area contributed by atoms with Crippen LogP contribution in [-0.2, 0) is 6.42 Å². The Balaban J connectivity index is 1.26. The summed E-state index contributed by atoms with van der Waals surface area (Å²) in [6.45, 7) is 1.05. The molecule has 0 bridgehead atoms. The third-order valence-electron chi connectivity index (χ3n) is 6.70. The molecule has 8 heteroatoms. The highest BCUT2D eigenvalue weighted by atomic mass is 16.5. The molecule has 0 aliphatic carbocycles. The fourth-order valence-electron chi connectivity index (χ4n) is 4.57. The predicted octanol–water partition coefficient (Wildman–Crippen LogP) is 5.26. The molecule has 4 aromatic rings. The molecule has 0 amide bonds. The summed E-state index contributed by atoms with van der Waals surface area (Å²) >= 11 is 0. The molecule has 0 unspecified atom stereocenters. The molecule has 8 nitrogen and oxygen atoms in total. The summed E-state index contributed by atoms with van der Waals surface area (Å²) in [5.74, 6) is 1.24. The van der Waals surface area contributed by atoms with Gasteiger partial charge in [-0.2, -0.15) is 0 Å². The topological polar surface area (TPSA) is 110 Å². The van der Waals surface area contributed by atoms with Crippen molar-refractivity contribution in [3.63, 3.8) is 0 Å². The van der Waals surface area contributed by atoms with E-state index in [2.05, 4.69) is 16.4 Å². The van der Waals surface area contributed by atoms with E-state index in [1.54, 1.807) is 62.0 Å². The van der Waals surface area contributed by atoms with Gasteiger partial charge in [-0.05, 0) is 84.1 Å². The molecule has 0 radical (unpaired) electrons. The van der Waals surface area contributed by atoms with E-state index in [0.29, 0.717) is 24.6 Å². The van der Waals surface area contributed by atoms with E-state index in [1.807, 2.05) is 24.3 Å². The number of hydrogen-bond acceptors (Lipinski definition) is 7. The maximum Gasteiger partial charge on any atom is 0.339 e. The van der Waals surface area contributed by atoms with E-state index in [9.17, 15) is 15.0 Å². The molecule has 3 aromatic carbocycles. The molecule has 0 saturated carbocycles. The zero-order chi connectivity index (χ0) is 27.2. The molecule has 2 heterocycles. The average Bonchev–Trinajstić information content (AvgIpc) is 2.97. The predicted molar refractivity (Wildman–Crippen MR) is 147 cm³/mol. The maximum absolute atomic E-state index is 11.8. The van der Waals surface area contributed by atoms with Crippen LogP contribution in [-0.4, -0.2) is 47.5 Å². The number of benzene rings is 3. The molecule has 0 fully saturated rings. The summed E-state index contributed by atoms with van der Waals surface area (Å²) in [6, 6.07) is 21.8. The number of ether oxygens (including phenoxy) is 3. The van der Waals surface area contributed by atoms with Crippen LogP contribution < -0.4 is 19.5 Å². The van der Waals surface area contributed by atoms with Crippen molar-refractivity contribution in [2.45, 2.75) is 25.0 Å². The minimum Gasteiger partial charge on any atom is -0.497 e. The first kappa shape index (κ1) is 26.2. The number of aryl methyl sites for hydroxylation is 1. The number of aromatic nitrogens is 1. The molecule has 200 valence electrons. The second-order valence-electron chi connectivity index (χ2n) is 9.36. The summed E-state index contributed by atoms with van der Waals surface area (Å²) in [7, 11) is 1.58. The van der Waals surface area contributed by atoms with Gasteiger partial charge in [0.1, 0.15) is 34.7 Å². The Morgan fingerprint density at radius 1 is 1.08 bits per heavy atom. The number of nitrogens with one attached hydrogen (secondary N) is 1. The van der Waals surface area contributed by atoms with E-state index < -0.39 is 12.1 Å². The Bertz CT molecular complexity index is 1430. The van der Waals surface area contributed by atoms with Crippen LogP contribution in [0.15, 0.2) is 85.2 Å². The van der Waals surface area contributed by atoms with Gasteiger partial charge >= 0.3 is 5.97 Å². The second kappa shape index (κ2) is 12.0. The van der Waals surface area contributed by atoms with E-state index in [-0.39, 0.29) is 17.4 Å². The third kappa shape index (κ3) is 6.37. The Morgan fingerprint density at radius 3 is 2.59 bits per heavy atom. The van der Waals surface area contributed by atoms with Gasteiger partial charge in [-0.1, -0.05) is 18.2 Å². The Morgan fingerprint density at radius 2 is 1.85 bits per heavy atom. The Kier molecular flexibility index (Phi) is 8.05. The van der Waals surface area contributed by atoms with Crippen molar-refractivity contribution >= 4 is 5.97 Å². The van der Waals surface area contributed by atoms with Crippen molar-refractivity contribution in [2.75, 3.05) is 20.2 Å². The van der Waals surface area contributed by atoms with Gasteiger partial charge in [0.05, 0.1) is 13.2 Å².